The lowest BCUT2D eigenvalue weighted by atomic mass is 10.0. The standard InChI is InChI=1S/C19H18N2OS2/c1-13-8-9-14(2)16(10-13)17-11-24-19(20-17)21-18(22)12-23-15-6-4-3-5-7-15/h3-11H,12H2,1-2H3,(H,20,21,22). The van der Waals surface area contributed by atoms with Crippen molar-refractivity contribution >= 4 is 34.1 Å². The number of nitrogens with zero attached hydrogens (tertiary/aromatic N) is 1. The summed E-state index contributed by atoms with van der Waals surface area (Å²) >= 11 is 2.98. The quantitative estimate of drug-likeness (QED) is 0.644. The summed E-state index contributed by atoms with van der Waals surface area (Å²) in [6, 6.07) is 16.2. The van der Waals surface area contributed by atoms with E-state index in [1.807, 2.05) is 35.7 Å². The number of aromatic nitrogens is 1. The molecule has 122 valence electrons. The number of rotatable bonds is 5. The van der Waals surface area contributed by atoms with E-state index in [4.69, 9.17) is 0 Å². The number of thioether (sulfide) groups is 1. The summed E-state index contributed by atoms with van der Waals surface area (Å²) in [5, 5.41) is 5.51. The van der Waals surface area contributed by atoms with E-state index in [0.29, 0.717) is 10.9 Å². The van der Waals surface area contributed by atoms with Gasteiger partial charge in [0.25, 0.3) is 0 Å². The lowest BCUT2D eigenvalue weighted by Crippen LogP contribution is -2.13. The highest BCUT2D eigenvalue weighted by molar-refractivity contribution is 8.00. The number of nitrogens with one attached hydrogen (secondary N) is 1. The number of carbonyl (C=O) groups is 1. The molecule has 0 saturated heterocycles. The van der Waals surface area contributed by atoms with Gasteiger partial charge < -0.3 is 5.32 Å². The maximum Gasteiger partial charge on any atom is 0.236 e. The van der Waals surface area contributed by atoms with Crippen molar-refractivity contribution in [1.29, 1.82) is 0 Å². The summed E-state index contributed by atoms with van der Waals surface area (Å²) in [5.41, 5.74) is 4.41. The third-order valence-corrected chi connectivity index (χ3v) is 5.30. The van der Waals surface area contributed by atoms with Crippen LogP contribution in [0.4, 0.5) is 5.13 Å². The average Bonchev–Trinajstić information content (AvgIpc) is 3.04. The van der Waals surface area contributed by atoms with E-state index >= 15 is 0 Å². The Morgan fingerprint density at radius 1 is 1.17 bits per heavy atom. The van der Waals surface area contributed by atoms with Crippen molar-refractivity contribution in [3.8, 4) is 11.3 Å². The third kappa shape index (κ3) is 4.24. The molecule has 0 aliphatic rings. The van der Waals surface area contributed by atoms with Crippen molar-refractivity contribution in [3.05, 3.63) is 65.0 Å². The second kappa shape index (κ2) is 7.64. The van der Waals surface area contributed by atoms with Crippen molar-refractivity contribution in [2.45, 2.75) is 18.7 Å². The van der Waals surface area contributed by atoms with Crippen LogP contribution in [0.2, 0.25) is 0 Å². The number of aryl methyl sites for hydroxylation is 2. The van der Waals surface area contributed by atoms with Gasteiger partial charge in [-0.3, -0.25) is 4.79 Å². The molecule has 24 heavy (non-hydrogen) atoms. The SMILES string of the molecule is Cc1ccc(C)c(-c2csc(NC(=O)CSc3ccccc3)n2)c1. The van der Waals surface area contributed by atoms with Crippen LogP contribution in [0.3, 0.4) is 0 Å². The highest BCUT2D eigenvalue weighted by Crippen LogP contribution is 2.28. The van der Waals surface area contributed by atoms with E-state index in [9.17, 15) is 4.79 Å². The summed E-state index contributed by atoms with van der Waals surface area (Å²) in [5.74, 6) is 0.341. The molecule has 0 atom stereocenters. The predicted octanol–water partition coefficient (Wildman–Crippen LogP) is 5.16. The molecule has 0 saturated carbocycles. The van der Waals surface area contributed by atoms with Crippen LogP contribution in [0.25, 0.3) is 11.3 Å². The van der Waals surface area contributed by atoms with Crippen molar-refractivity contribution in [1.82, 2.24) is 4.98 Å². The normalized spacial score (nSPS) is 10.6. The number of benzene rings is 2. The monoisotopic (exact) mass is 354 g/mol. The summed E-state index contributed by atoms with van der Waals surface area (Å²) in [6.07, 6.45) is 0. The molecule has 0 radical (unpaired) electrons. The summed E-state index contributed by atoms with van der Waals surface area (Å²) in [7, 11) is 0. The predicted molar refractivity (Wildman–Crippen MR) is 103 cm³/mol. The van der Waals surface area contributed by atoms with Crippen LogP contribution in [-0.2, 0) is 4.79 Å². The molecular weight excluding hydrogens is 336 g/mol. The number of thiazole rings is 1. The molecule has 0 spiro atoms. The Balaban J connectivity index is 1.63. The summed E-state index contributed by atoms with van der Waals surface area (Å²) < 4.78 is 0. The first-order chi connectivity index (χ1) is 11.6. The lowest BCUT2D eigenvalue weighted by Gasteiger charge is -2.04. The molecular formula is C19H18N2OS2. The zero-order valence-corrected chi connectivity index (χ0v) is 15.2. The molecule has 3 rings (SSSR count). The first-order valence-electron chi connectivity index (χ1n) is 7.62. The number of amides is 1. The van der Waals surface area contributed by atoms with Gasteiger partial charge in [-0.05, 0) is 37.6 Å². The van der Waals surface area contributed by atoms with E-state index < -0.39 is 0 Å². The van der Waals surface area contributed by atoms with E-state index in [0.717, 1.165) is 16.2 Å². The Morgan fingerprint density at radius 2 is 1.96 bits per heavy atom. The molecule has 1 aromatic heterocycles. The van der Waals surface area contributed by atoms with Gasteiger partial charge in [-0.15, -0.1) is 23.1 Å². The molecule has 5 heteroatoms. The van der Waals surface area contributed by atoms with Crippen molar-refractivity contribution < 1.29 is 4.79 Å². The van der Waals surface area contributed by atoms with E-state index in [2.05, 4.69) is 42.3 Å². The smallest absolute Gasteiger partial charge is 0.236 e. The second-order valence-electron chi connectivity index (χ2n) is 5.51. The van der Waals surface area contributed by atoms with E-state index in [1.54, 1.807) is 0 Å². The first-order valence-corrected chi connectivity index (χ1v) is 9.49. The summed E-state index contributed by atoms with van der Waals surface area (Å²) in [4.78, 5) is 17.7. The Hall–Kier alpha value is -2.11. The molecule has 3 aromatic rings. The lowest BCUT2D eigenvalue weighted by molar-refractivity contribution is -0.113. The Kier molecular flexibility index (Phi) is 5.33. The highest BCUT2D eigenvalue weighted by Gasteiger charge is 2.10. The number of hydrogen-bond acceptors (Lipinski definition) is 4. The fourth-order valence-electron chi connectivity index (χ4n) is 2.29. The number of hydrogen-bond donors (Lipinski definition) is 1. The van der Waals surface area contributed by atoms with Gasteiger partial charge >= 0.3 is 0 Å². The van der Waals surface area contributed by atoms with Crippen LogP contribution in [0.5, 0.6) is 0 Å². The molecule has 1 amide bonds. The molecule has 0 bridgehead atoms. The fraction of sp³-hybridized carbons (Fsp3) is 0.158. The van der Waals surface area contributed by atoms with Crippen molar-refractivity contribution in [3.63, 3.8) is 0 Å². The molecule has 2 aromatic carbocycles. The van der Waals surface area contributed by atoms with Crippen LogP contribution in [0, 0.1) is 13.8 Å². The van der Waals surface area contributed by atoms with Crippen LogP contribution in [0.1, 0.15) is 11.1 Å². The van der Waals surface area contributed by atoms with Gasteiger partial charge in [0.15, 0.2) is 5.13 Å². The Morgan fingerprint density at radius 3 is 2.75 bits per heavy atom. The van der Waals surface area contributed by atoms with Gasteiger partial charge in [-0.25, -0.2) is 4.98 Å². The minimum atomic E-state index is -0.0364. The molecule has 0 fully saturated rings. The second-order valence-corrected chi connectivity index (χ2v) is 7.41. The Bertz CT molecular complexity index is 844. The fourth-order valence-corrected chi connectivity index (χ4v) is 3.73. The first kappa shape index (κ1) is 16.7. The minimum absolute atomic E-state index is 0.0364. The van der Waals surface area contributed by atoms with Gasteiger partial charge in [-0.1, -0.05) is 35.9 Å². The molecule has 0 aliphatic carbocycles. The molecule has 0 aliphatic heterocycles. The highest BCUT2D eigenvalue weighted by atomic mass is 32.2. The maximum atomic E-state index is 12.1. The largest absolute Gasteiger partial charge is 0.301 e. The zero-order valence-electron chi connectivity index (χ0n) is 13.6. The zero-order chi connectivity index (χ0) is 16.9. The van der Waals surface area contributed by atoms with Gasteiger partial charge in [0.1, 0.15) is 0 Å². The Labute approximate surface area is 150 Å². The van der Waals surface area contributed by atoms with Crippen LogP contribution in [-0.4, -0.2) is 16.6 Å². The molecule has 0 unspecified atom stereocenters. The van der Waals surface area contributed by atoms with Crippen LogP contribution >= 0.6 is 23.1 Å². The molecule has 3 nitrogen and oxygen atoms in total. The van der Waals surface area contributed by atoms with Gasteiger partial charge in [0.05, 0.1) is 11.4 Å². The van der Waals surface area contributed by atoms with Gasteiger partial charge in [-0.2, -0.15) is 0 Å². The summed E-state index contributed by atoms with van der Waals surface area (Å²) in [6.45, 7) is 4.14. The van der Waals surface area contributed by atoms with Crippen molar-refractivity contribution in [2.24, 2.45) is 0 Å². The van der Waals surface area contributed by atoms with E-state index in [1.165, 1.54) is 34.2 Å². The maximum absolute atomic E-state index is 12.1. The topological polar surface area (TPSA) is 42.0 Å². The molecule has 1 heterocycles. The van der Waals surface area contributed by atoms with E-state index in [-0.39, 0.29) is 5.91 Å². The van der Waals surface area contributed by atoms with Gasteiger partial charge in [0.2, 0.25) is 5.91 Å². The van der Waals surface area contributed by atoms with Crippen LogP contribution in [0.15, 0.2) is 58.8 Å². The minimum Gasteiger partial charge on any atom is -0.301 e. The number of carbonyl (C=O) groups excluding carboxylic acids is 1. The van der Waals surface area contributed by atoms with Gasteiger partial charge in [0, 0.05) is 15.8 Å². The molecule has 1 N–H and O–H groups in total. The number of anilines is 1. The third-order valence-electron chi connectivity index (χ3n) is 3.53. The van der Waals surface area contributed by atoms with Crippen molar-refractivity contribution in [2.75, 3.05) is 11.1 Å². The average molecular weight is 355 g/mol. The van der Waals surface area contributed by atoms with Crippen LogP contribution < -0.4 is 5.32 Å².